The van der Waals surface area contributed by atoms with Crippen LogP contribution in [-0.4, -0.2) is 28.6 Å². The first kappa shape index (κ1) is 15.5. The fourth-order valence-electron chi connectivity index (χ4n) is 2.20. The van der Waals surface area contributed by atoms with Crippen molar-refractivity contribution >= 4 is 11.6 Å². The van der Waals surface area contributed by atoms with E-state index >= 15 is 0 Å². The number of benzene rings is 1. The van der Waals surface area contributed by atoms with Crippen LogP contribution in [0.4, 0.5) is 0 Å². The van der Waals surface area contributed by atoms with Crippen molar-refractivity contribution < 1.29 is 9.84 Å². The van der Waals surface area contributed by atoms with E-state index in [1.165, 1.54) is 6.20 Å². The van der Waals surface area contributed by atoms with E-state index in [9.17, 15) is 5.11 Å². The third kappa shape index (κ3) is 3.08. The Hall–Kier alpha value is -1.87. The first-order valence-corrected chi connectivity index (χ1v) is 6.82. The Morgan fingerprint density at radius 1 is 1.43 bits per heavy atom. The molecule has 0 aliphatic carbocycles. The van der Waals surface area contributed by atoms with Gasteiger partial charge in [0.25, 0.3) is 0 Å². The third-order valence-electron chi connectivity index (χ3n) is 3.34. The summed E-state index contributed by atoms with van der Waals surface area (Å²) in [7, 11) is 1.60. The first-order chi connectivity index (χ1) is 10.0. The van der Waals surface area contributed by atoms with Crippen LogP contribution in [0.3, 0.4) is 0 Å². The van der Waals surface area contributed by atoms with Gasteiger partial charge in [-0.1, -0.05) is 23.7 Å². The maximum absolute atomic E-state index is 10.9. The molecule has 6 heteroatoms. The first-order valence-electron chi connectivity index (χ1n) is 6.44. The minimum absolute atomic E-state index is 0.389. The lowest BCUT2D eigenvalue weighted by atomic mass is 9.91. The van der Waals surface area contributed by atoms with Gasteiger partial charge in [0.05, 0.1) is 41.7 Å². The number of nitrogens with zero attached hydrogens (tertiary/aromatic N) is 3. The van der Waals surface area contributed by atoms with Crippen LogP contribution in [0.15, 0.2) is 30.5 Å². The Balaban J connectivity index is 2.42. The van der Waals surface area contributed by atoms with Crippen molar-refractivity contribution in [3.63, 3.8) is 0 Å². The fraction of sp³-hybridized carbons (Fsp3) is 0.333. The minimum Gasteiger partial charge on any atom is -0.383 e. The molecule has 1 unspecified atom stereocenters. The summed E-state index contributed by atoms with van der Waals surface area (Å²) >= 11 is 6.18. The molecule has 0 aliphatic rings. The van der Waals surface area contributed by atoms with Gasteiger partial charge in [-0.3, -0.25) is 4.68 Å². The number of nitriles is 1. The second-order valence-corrected chi connectivity index (χ2v) is 5.23. The van der Waals surface area contributed by atoms with E-state index in [0.717, 1.165) is 0 Å². The molecule has 0 saturated heterocycles. The van der Waals surface area contributed by atoms with E-state index in [1.807, 2.05) is 6.07 Å². The molecule has 2 aromatic rings. The molecule has 1 atom stereocenters. The monoisotopic (exact) mass is 305 g/mol. The molecule has 0 amide bonds. The summed E-state index contributed by atoms with van der Waals surface area (Å²) in [5, 5.41) is 24.3. The van der Waals surface area contributed by atoms with Crippen LogP contribution < -0.4 is 0 Å². The van der Waals surface area contributed by atoms with Crippen LogP contribution in [-0.2, 0) is 16.9 Å². The average molecular weight is 306 g/mol. The highest BCUT2D eigenvalue weighted by Gasteiger charge is 2.32. The predicted molar refractivity (Wildman–Crippen MR) is 78.9 cm³/mol. The zero-order valence-electron chi connectivity index (χ0n) is 11.9. The number of hydrogen-bond donors (Lipinski definition) is 1. The summed E-state index contributed by atoms with van der Waals surface area (Å²) < 4.78 is 6.67. The number of rotatable bonds is 5. The molecular weight excluding hydrogens is 290 g/mol. The summed E-state index contributed by atoms with van der Waals surface area (Å²) in [6.07, 6.45) is 1.50. The lowest BCUT2D eigenvalue weighted by Crippen LogP contribution is -2.28. The number of halogens is 1. The van der Waals surface area contributed by atoms with Crippen LogP contribution in [0.2, 0.25) is 5.02 Å². The van der Waals surface area contributed by atoms with Gasteiger partial charge in [-0.05, 0) is 24.6 Å². The van der Waals surface area contributed by atoms with Gasteiger partial charge in [0.15, 0.2) is 0 Å². The van der Waals surface area contributed by atoms with Gasteiger partial charge in [-0.25, -0.2) is 0 Å². The van der Waals surface area contributed by atoms with Crippen LogP contribution in [0.5, 0.6) is 0 Å². The van der Waals surface area contributed by atoms with Crippen LogP contribution in [0, 0.1) is 11.3 Å². The Kier molecular flexibility index (Phi) is 4.63. The zero-order chi connectivity index (χ0) is 15.5. The SMILES string of the molecule is COCCn1ncc(Cl)c1C(C)(O)c1ccc(C#N)cc1. The summed E-state index contributed by atoms with van der Waals surface area (Å²) in [6, 6.07) is 8.79. The van der Waals surface area contributed by atoms with E-state index in [4.69, 9.17) is 21.6 Å². The molecule has 5 nitrogen and oxygen atoms in total. The highest BCUT2D eigenvalue weighted by atomic mass is 35.5. The summed E-state index contributed by atoms with van der Waals surface area (Å²) in [5.41, 5.74) is 0.372. The Labute approximate surface area is 128 Å². The molecule has 1 heterocycles. The predicted octanol–water partition coefficient (Wildman–Crippen LogP) is 2.31. The number of methoxy groups -OCH3 is 1. The summed E-state index contributed by atoms with van der Waals surface area (Å²) in [5.74, 6) is 0. The van der Waals surface area contributed by atoms with Gasteiger partial charge in [-0.15, -0.1) is 0 Å². The normalized spacial score (nSPS) is 13.7. The number of ether oxygens (including phenoxy) is 1. The molecule has 1 aromatic carbocycles. The van der Waals surface area contributed by atoms with Gasteiger partial charge >= 0.3 is 0 Å². The van der Waals surface area contributed by atoms with Gasteiger partial charge in [-0.2, -0.15) is 10.4 Å². The van der Waals surface area contributed by atoms with Crippen LogP contribution in [0.25, 0.3) is 0 Å². The Morgan fingerprint density at radius 2 is 2.10 bits per heavy atom. The van der Waals surface area contributed by atoms with Crippen LogP contribution in [0.1, 0.15) is 23.7 Å². The molecule has 0 aliphatic heterocycles. The highest BCUT2D eigenvalue weighted by molar-refractivity contribution is 6.31. The van der Waals surface area contributed by atoms with E-state index in [-0.39, 0.29) is 0 Å². The van der Waals surface area contributed by atoms with Crippen molar-refractivity contribution in [1.82, 2.24) is 9.78 Å². The molecule has 110 valence electrons. The maximum Gasteiger partial charge on any atom is 0.130 e. The molecule has 0 saturated carbocycles. The molecule has 2 rings (SSSR count). The van der Waals surface area contributed by atoms with Crippen molar-refractivity contribution in [3.8, 4) is 6.07 Å². The maximum atomic E-state index is 10.9. The molecular formula is C15H16ClN3O2. The molecule has 0 radical (unpaired) electrons. The third-order valence-corrected chi connectivity index (χ3v) is 3.62. The molecule has 1 N–H and O–H groups in total. The van der Waals surface area contributed by atoms with E-state index in [1.54, 1.807) is 43.0 Å². The van der Waals surface area contributed by atoms with E-state index < -0.39 is 5.60 Å². The van der Waals surface area contributed by atoms with Crippen molar-refractivity contribution in [3.05, 3.63) is 52.3 Å². The number of aliphatic hydroxyl groups is 1. The van der Waals surface area contributed by atoms with E-state index in [0.29, 0.717) is 35.0 Å². The second kappa shape index (κ2) is 6.27. The Morgan fingerprint density at radius 3 is 2.67 bits per heavy atom. The lowest BCUT2D eigenvalue weighted by Gasteiger charge is -2.25. The summed E-state index contributed by atoms with van der Waals surface area (Å²) in [6.45, 7) is 2.61. The molecule has 0 bridgehead atoms. The van der Waals surface area contributed by atoms with Gasteiger partial charge < -0.3 is 9.84 Å². The smallest absolute Gasteiger partial charge is 0.130 e. The Bertz CT molecular complexity index is 657. The molecule has 21 heavy (non-hydrogen) atoms. The van der Waals surface area contributed by atoms with Crippen molar-refractivity contribution in [2.75, 3.05) is 13.7 Å². The number of hydrogen-bond acceptors (Lipinski definition) is 4. The highest BCUT2D eigenvalue weighted by Crippen LogP contribution is 2.33. The quantitative estimate of drug-likeness (QED) is 0.920. The lowest BCUT2D eigenvalue weighted by molar-refractivity contribution is 0.0884. The molecule has 1 aromatic heterocycles. The standard InChI is InChI=1S/C15H16ClN3O2/c1-15(20,12-5-3-11(9-17)4-6-12)14-13(16)10-18-19(14)7-8-21-2/h3-6,10,20H,7-8H2,1-2H3. The second-order valence-electron chi connectivity index (χ2n) is 4.82. The average Bonchev–Trinajstić information content (AvgIpc) is 2.86. The van der Waals surface area contributed by atoms with Gasteiger partial charge in [0, 0.05) is 7.11 Å². The van der Waals surface area contributed by atoms with Crippen molar-refractivity contribution in [2.24, 2.45) is 0 Å². The molecule has 0 spiro atoms. The van der Waals surface area contributed by atoms with Crippen molar-refractivity contribution in [2.45, 2.75) is 19.1 Å². The van der Waals surface area contributed by atoms with Gasteiger partial charge in [0.1, 0.15) is 5.60 Å². The summed E-state index contributed by atoms with van der Waals surface area (Å²) in [4.78, 5) is 0. The largest absolute Gasteiger partial charge is 0.383 e. The topological polar surface area (TPSA) is 71.1 Å². The van der Waals surface area contributed by atoms with Crippen LogP contribution >= 0.6 is 11.6 Å². The minimum atomic E-state index is -1.31. The van der Waals surface area contributed by atoms with Gasteiger partial charge in [0.2, 0.25) is 0 Å². The molecule has 0 fully saturated rings. The van der Waals surface area contributed by atoms with E-state index in [2.05, 4.69) is 5.10 Å². The fourth-order valence-corrected chi connectivity index (χ4v) is 2.52. The zero-order valence-corrected chi connectivity index (χ0v) is 12.6. The number of aromatic nitrogens is 2. The van der Waals surface area contributed by atoms with Crippen molar-refractivity contribution in [1.29, 1.82) is 5.26 Å².